The largest absolute Gasteiger partial charge is 0.334 e. The van der Waals surface area contributed by atoms with Crippen LogP contribution in [-0.2, 0) is 21.1 Å². The molecule has 0 bridgehead atoms. The van der Waals surface area contributed by atoms with Crippen LogP contribution >= 0.6 is 0 Å². The molecule has 0 amide bonds. The Morgan fingerprint density at radius 1 is 0.295 bits per heavy atom. The van der Waals surface area contributed by atoms with E-state index in [2.05, 4.69) is 399 Å². The van der Waals surface area contributed by atoms with Crippen LogP contribution < -0.4 is 0 Å². The van der Waals surface area contributed by atoms with Crippen LogP contribution in [0.2, 0.25) is 0 Å². The summed E-state index contributed by atoms with van der Waals surface area (Å²) < 4.78 is 45.5. The molecule has 20 heteroatoms. The van der Waals surface area contributed by atoms with Crippen LogP contribution in [0.15, 0.2) is 278 Å². The number of hydrogen-bond donors (Lipinski definition) is 0. The highest BCUT2D eigenvalue weighted by Crippen LogP contribution is 2.36. The molecule has 146 heavy (non-hydrogen) atoms. The number of hydrogen-bond acceptors (Lipinski definition) is 14. The second-order valence-electron chi connectivity index (χ2n) is 40.7. The number of pyridine rings is 3. The van der Waals surface area contributed by atoms with E-state index >= 15 is 0 Å². The molecule has 0 unspecified atom stereocenters. The Balaban J connectivity index is 0.000000168. The Hall–Kier alpha value is -14.7. The van der Waals surface area contributed by atoms with E-state index in [-0.39, 0.29) is 11.6 Å². The molecule has 18 aromatic rings. The maximum atomic E-state index is 14.0. The van der Waals surface area contributed by atoms with E-state index < -0.39 is 0 Å². The summed E-state index contributed by atoms with van der Waals surface area (Å²) in [6.07, 6.45) is 23.9. The fraction of sp³-hybridized carbons (Fsp3) is 0.333. The van der Waals surface area contributed by atoms with Crippen molar-refractivity contribution in [3.8, 4) is 95.5 Å². The Bertz CT molecular complexity index is 7000. The van der Waals surface area contributed by atoms with Gasteiger partial charge >= 0.3 is 0 Å². The molecule has 0 atom stereocenters. The SMILES string of the molecule is CC(C)c1ccc(-c2cncn2C)c(F)c1.Cc1c(-c2ccc(C(C)C)cc2F)cnn1C.Cc1cc(C(C)C)ccc1-c1cccnc1.Cc1cc(C(C)C)ccc1-c1cnccc1C.Cc1cc(C(C)C)ccc1-c1cnn(C)c1.Cc1cc(C(C)C)ccc1-n1ccnn1.Cc1cncc(-c2ccc(C(C)C)cc2C)c1.Cc1noc(-c2ccc(C(C)C)cc2C)n1.Cc1noc(-c2ccc(C(C)C)cc2C)n1. The van der Waals surface area contributed by atoms with Crippen molar-refractivity contribution in [1.29, 1.82) is 0 Å². The van der Waals surface area contributed by atoms with Crippen molar-refractivity contribution < 1.29 is 17.8 Å². The average Bonchev–Trinajstić information content (AvgIpc) is 1.58. The third kappa shape index (κ3) is 31.4. The van der Waals surface area contributed by atoms with Gasteiger partial charge in [0.1, 0.15) is 11.6 Å². The normalized spacial score (nSPS) is 11.0. The van der Waals surface area contributed by atoms with Crippen LogP contribution in [0.3, 0.4) is 0 Å². The molecule has 18 rings (SSSR count). The van der Waals surface area contributed by atoms with E-state index in [0.29, 0.717) is 87.8 Å². The third-order valence-electron chi connectivity index (χ3n) is 26.0. The Labute approximate surface area is 867 Å². The van der Waals surface area contributed by atoms with Gasteiger partial charge in [0, 0.05) is 120 Å². The summed E-state index contributed by atoms with van der Waals surface area (Å²) in [7, 11) is 5.67. The molecule has 0 aliphatic heterocycles. The zero-order valence-corrected chi connectivity index (χ0v) is 92.3. The number of nitrogens with zero attached hydrogens (tertiary/aromatic N) is 16. The van der Waals surface area contributed by atoms with Gasteiger partial charge in [-0.2, -0.15) is 20.2 Å². The fourth-order valence-electron chi connectivity index (χ4n) is 16.6. The summed E-state index contributed by atoms with van der Waals surface area (Å²) >= 11 is 0. The van der Waals surface area contributed by atoms with Crippen LogP contribution in [0.4, 0.5) is 8.78 Å². The topological polar surface area (TPSA) is 201 Å². The summed E-state index contributed by atoms with van der Waals surface area (Å²) in [4.78, 5) is 25.1. The monoisotopic (exact) mass is 1960 g/mol. The van der Waals surface area contributed by atoms with Gasteiger partial charge in [0.25, 0.3) is 11.8 Å². The van der Waals surface area contributed by atoms with Gasteiger partial charge in [-0.25, -0.2) is 18.4 Å². The van der Waals surface area contributed by atoms with Crippen molar-refractivity contribution in [3.05, 3.63) is 398 Å². The molecule has 0 N–H and O–H groups in total. The van der Waals surface area contributed by atoms with Crippen molar-refractivity contribution in [2.24, 2.45) is 21.1 Å². The summed E-state index contributed by atoms with van der Waals surface area (Å²) in [5.74, 6) is 6.84. The van der Waals surface area contributed by atoms with E-state index in [9.17, 15) is 8.78 Å². The minimum absolute atomic E-state index is 0.174. The summed E-state index contributed by atoms with van der Waals surface area (Å²) in [5.41, 5.74) is 39.9. The highest BCUT2D eigenvalue weighted by atomic mass is 19.1. The molecular weight excluding hydrogens is 1810 g/mol. The van der Waals surface area contributed by atoms with Crippen molar-refractivity contribution >= 4 is 0 Å². The number of rotatable bonds is 18. The second-order valence-corrected chi connectivity index (χ2v) is 40.7. The lowest BCUT2D eigenvalue weighted by Crippen LogP contribution is -1.99. The average molecular weight is 1960 g/mol. The first-order valence-electron chi connectivity index (χ1n) is 50.9. The number of aromatic nitrogens is 16. The number of benzene rings is 9. The van der Waals surface area contributed by atoms with Crippen molar-refractivity contribution in [3.63, 3.8) is 0 Å². The molecule has 9 aromatic heterocycles. The van der Waals surface area contributed by atoms with Gasteiger partial charge in [-0.1, -0.05) is 274 Å². The smallest absolute Gasteiger partial charge is 0.258 e. The van der Waals surface area contributed by atoms with Gasteiger partial charge in [-0.15, -0.1) is 5.10 Å². The van der Waals surface area contributed by atoms with E-state index in [1.165, 1.54) is 134 Å². The molecule has 0 radical (unpaired) electrons. The summed E-state index contributed by atoms with van der Waals surface area (Å²) in [6, 6.07) is 65.1. The number of halogens is 2. The molecule has 9 aromatic carbocycles. The van der Waals surface area contributed by atoms with Crippen LogP contribution in [0.5, 0.6) is 0 Å². The van der Waals surface area contributed by atoms with Gasteiger partial charge in [-0.05, 0) is 313 Å². The lowest BCUT2D eigenvalue weighted by atomic mass is 9.93. The van der Waals surface area contributed by atoms with Crippen LogP contribution in [-0.4, -0.2) is 79.3 Å². The van der Waals surface area contributed by atoms with Crippen molar-refractivity contribution in [1.82, 2.24) is 79.3 Å². The molecule has 0 saturated heterocycles. The first-order chi connectivity index (χ1) is 69.4. The lowest BCUT2D eigenvalue weighted by molar-refractivity contribution is 0.425. The Kier molecular flexibility index (Phi) is 41.3. The van der Waals surface area contributed by atoms with Crippen LogP contribution in [0.1, 0.15) is 295 Å². The highest BCUT2D eigenvalue weighted by molar-refractivity contribution is 5.73. The van der Waals surface area contributed by atoms with Gasteiger partial charge in [0.05, 0.1) is 48.7 Å². The Morgan fingerprint density at radius 2 is 0.685 bits per heavy atom. The van der Waals surface area contributed by atoms with E-state index in [1.807, 2.05) is 125 Å². The molecule has 0 saturated carbocycles. The standard InChI is InChI=1S/2C16H19N.C15H17N.C14H17FN2.C14H18N2.C13H15FN2.2C13H16N2O.C12H15N3/c1-11(2)14-5-6-16(13(4)8-14)15-7-12(3)9-17-10-15;1-11(2)14-5-6-15(13(4)9-14)16-10-17-8-7-12(16)3;1-11(2)13-6-7-15(12(3)9-13)14-5-4-8-16-10-14;1-9(2)11-5-6-12(14(15)7-11)13-8-16-17(4)10(13)3;1-10(2)12-5-6-14(11(3)7-12)13-8-15-16(4)9-13;1-9(2)10-4-5-11(12(14)6-10)13-7-15-8-16(13)3;2*1-8(2)11-5-6-12(9(3)7-11)13-14-10(4)15-16-13;1-9(2)11-4-5-12(10(3)8-11)15-7-6-13-14-15/h2*5-11H,1-4H3;4-11H,1-3H3;5-9H,1-4H3;5-10H,1-4H3;4-9H,1-3H3;2*5-8H,1-4H3;4-9H,1-3H3. The molecule has 9 heterocycles. The first-order valence-corrected chi connectivity index (χ1v) is 50.9. The van der Waals surface area contributed by atoms with E-state index in [0.717, 1.165) is 44.9 Å². The zero-order valence-electron chi connectivity index (χ0n) is 92.3. The fourth-order valence-corrected chi connectivity index (χ4v) is 16.6. The summed E-state index contributed by atoms with van der Waals surface area (Å²) in [6.45, 7) is 63.9. The van der Waals surface area contributed by atoms with Gasteiger partial charge < -0.3 is 13.6 Å². The predicted molar refractivity (Wildman–Crippen MR) is 599 cm³/mol. The Morgan fingerprint density at radius 3 is 1.03 bits per heavy atom. The zero-order chi connectivity index (χ0) is 107. The molecule has 0 aliphatic carbocycles. The maximum Gasteiger partial charge on any atom is 0.258 e. The number of imidazole rings is 1. The van der Waals surface area contributed by atoms with Gasteiger partial charge in [0.15, 0.2) is 11.6 Å². The van der Waals surface area contributed by atoms with E-state index in [4.69, 9.17) is 9.05 Å². The minimum Gasteiger partial charge on any atom is -0.334 e. The molecular formula is C126H152F2N16O2. The van der Waals surface area contributed by atoms with E-state index in [1.54, 1.807) is 52.6 Å². The maximum absolute atomic E-state index is 14.0. The summed E-state index contributed by atoms with van der Waals surface area (Å²) in [5, 5.41) is 23.8. The predicted octanol–water partition coefficient (Wildman–Crippen LogP) is 33.3. The van der Waals surface area contributed by atoms with Gasteiger partial charge in [0.2, 0.25) is 0 Å². The molecule has 0 spiro atoms. The van der Waals surface area contributed by atoms with Crippen LogP contribution in [0, 0.1) is 94.7 Å². The number of aryl methyl sites for hydroxylation is 14. The lowest BCUT2D eigenvalue weighted by Gasteiger charge is -2.12. The molecule has 0 fully saturated rings. The second kappa shape index (κ2) is 53.3. The third-order valence-corrected chi connectivity index (χ3v) is 26.0. The first kappa shape index (κ1) is 113. The molecule has 762 valence electrons. The van der Waals surface area contributed by atoms with Crippen molar-refractivity contribution in [2.75, 3.05) is 0 Å². The highest BCUT2D eigenvalue weighted by Gasteiger charge is 2.19. The van der Waals surface area contributed by atoms with Crippen molar-refractivity contribution in [2.45, 2.75) is 261 Å². The molecule has 0 aliphatic rings. The minimum atomic E-state index is -0.185. The van der Waals surface area contributed by atoms with Gasteiger partial charge in [-0.3, -0.25) is 24.3 Å². The quantitative estimate of drug-likeness (QED) is 0.0785. The molecule has 18 nitrogen and oxygen atoms in total. The van der Waals surface area contributed by atoms with Crippen LogP contribution in [0.25, 0.3) is 95.5 Å².